The van der Waals surface area contributed by atoms with Crippen LogP contribution in [0.4, 0.5) is 0 Å². The van der Waals surface area contributed by atoms with Crippen molar-refractivity contribution in [2.45, 2.75) is 110 Å². The molecular formula is C24H40N2O2. The van der Waals surface area contributed by atoms with Crippen LogP contribution in [0, 0.1) is 28.6 Å². The van der Waals surface area contributed by atoms with E-state index in [9.17, 15) is 9.59 Å². The van der Waals surface area contributed by atoms with Crippen molar-refractivity contribution >= 4 is 11.8 Å². The maximum atomic E-state index is 13.5. The Morgan fingerprint density at radius 3 is 1.93 bits per heavy atom. The van der Waals surface area contributed by atoms with Gasteiger partial charge in [0.15, 0.2) is 0 Å². The van der Waals surface area contributed by atoms with Crippen molar-refractivity contribution < 1.29 is 9.59 Å². The summed E-state index contributed by atoms with van der Waals surface area (Å²) in [4.78, 5) is 26.1. The highest BCUT2D eigenvalue weighted by molar-refractivity contribution is 5.89. The van der Waals surface area contributed by atoms with Crippen molar-refractivity contribution in [3.05, 3.63) is 0 Å². The topological polar surface area (TPSA) is 58.2 Å². The normalized spacial score (nSPS) is 36.9. The lowest BCUT2D eigenvalue weighted by molar-refractivity contribution is -0.140. The lowest BCUT2D eigenvalue weighted by atomic mass is 9.48. The second kappa shape index (κ2) is 7.02. The summed E-state index contributed by atoms with van der Waals surface area (Å²) in [5.41, 5.74) is -0.427. The average molecular weight is 389 g/mol. The SMILES string of the molecule is CC(NC(=O)C1(CC(=O)NC(C)(C)C)CCCC1)C12CC3CC(CC(C3)C1)C2. The highest BCUT2D eigenvalue weighted by Crippen LogP contribution is 2.61. The van der Waals surface area contributed by atoms with E-state index < -0.39 is 5.41 Å². The number of nitrogens with one attached hydrogen (secondary N) is 2. The summed E-state index contributed by atoms with van der Waals surface area (Å²) < 4.78 is 0. The van der Waals surface area contributed by atoms with Crippen molar-refractivity contribution in [1.29, 1.82) is 0 Å². The van der Waals surface area contributed by atoms with E-state index in [4.69, 9.17) is 0 Å². The smallest absolute Gasteiger partial charge is 0.226 e. The molecule has 28 heavy (non-hydrogen) atoms. The van der Waals surface area contributed by atoms with Crippen molar-refractivity contribution in [2.24, 2.45) is 28.6 Å². The molecule has 4 nitrogen and oxygen atoms in total. The lowest BCUT2D eigenvalue weighted by Gasteiger charge is -2.59. The monoisotopic (exact) mass is 388 g/mol. The molecule has 0 radical (unpaired) electrons. The molecule has 5 aliphatic rings. The minimum Gasteiger partial charge on any atom is -0.353 e. The van der Waals surface area contributed by atoms with Gasteiger partial charge in [0, 0.05) is 18.0 Å². The number of amides is 2. The molecule has 5 fully saturated rings. The largest absolute Gasteiger partial charge is 0.353 e. The molecule has 5 saturated carbocycles. The first-order chi connectivity index (χ1) is 13.1. The molecule has 158 valence electrons. The minimum absolute atomic E-state index is 0.0204. The van der Waals surface area contributed by atoms with E-state index in [0.29, 0.717) is 11.8 Å². The van der Waals surface area contributed by atoms with Crippen LogP contribution in [-0.4, -0.2) is 23.4 Å². The quantitative estimate of drug-likeness (QED) is 0.725. The van der Waals surface area contributed by atoms with Gasteiger partial charge in [0.1, 0.15) is 0 Å². The van der Waals surface area contributed by atoms with E-state index in [1.165, 1.54) is 38.5 Å². The van der Waals surface area contributed by atoms with Crippen LogP contribution in [0.1, 0.15) is 98.3 Å². The number of hydrogen-bond donors (Lipinski definition) is 2. The highest BCUT2D eigenvalue weighted by atomic mass is 16.2. The van der Waals surface area contributed by atoms with E-state index >= 15 is 0 Å². The summed E-state index contributed by atoms with van der Waals surface area (Å²) >= 11 is 0. The van der Waals surface area contributed by atoms with Gasteiger partial charge in [-0.1, -0.05) is 12.8 Å². The van der Waals surface area contributed by atoms with Crippen LogP contribution in [-0.2, 0) is 9.59 Å². The molecule has 0 saturated heterocycles. The summed E-state index contributed by atoms with van der Waals surface area (Å²) in [6.07, 6.45) is 12.3. The highest BCUT2D eigenvalue weighted by Gasteiger charge is 2.54. The van der Waals surface area contributed by atoms with Crippen LogP contribution < -0.4 is 10.6 Å². The number of hydrogen-bond acceptors (Lipinski definition) is 2. The molecule has 0 aromatic rings. The Balaban J connectivity index is 1.44. The molecule has 4 heteroatoms. The van der Waals surface area contributed by atoms with Gasteiger partial charge in [-0.2, -0.15) is 0 Å². The Bertz CT molecular complexity index is 592. The predicted octanol–water partition coefficient (Wildman–Crippen LogP) is 4.57. The van der Waals surface area contributed by atoms with Gasteiger partial charge in [0.25, 0.3) is 0 Å². The van der Waals surface area contributed by atoms with Gasteiger partial charge in [0.2, 0.25) is 11.8 Å². The molecule has 5 rings (SSSR count). The first-order valence-corrected chi connectivity index (χ1v) is 11.7. The number of rotatable bonds is 5. The third kappa shape index (κ3) is 3.85. The zero-order chi connectivity index (χ0) is 20.2. The van der Waals surface area contributed by atoms with Gasteiger partial charge >= 0.3 is 0 Å². The van der Waals surface area contributed by atoms with E-state index in [-0.39, 0.29) is 23.4 Å². The van der Waals surface area contributed by atoms with Gasteiger partial charge in [-0.15, -0.1) is 0 Å². The lowest BCUT2D eigenvalue weighted by Crippen LogP contribution is -2.58. The molecule has 0 heterocycles. The Hall–Kier alpha value is -1.06. The molecule has 5 aliphatic carbocycles. The predicted molar refractivity (Wildman–Crippen MR) is 112 cm³/mol. The van der Waals surface area contributed by atoms with Crippen LogP contribution in [0.3, 0.4) is 0 Å². The fraction of sp³-hybridized carbons (Fsp3) is 0.917. The van der Waals surface area contributed by atoms with Gasteiger partial charge < -0.3 is 10.6 Å². The van der Waals surface area contributed by atoms with Crippen LogP contribution >= 0.6 is 0 Å². The van der Waals surface area contributed by atoms with Crippen LogP contribution in [0.2, 0.25) is 0 Å². The Labute approximate surface area is 171 Å². The maximum Gasteiger partial charge on any atom is 0.226 e. The van der Waals surface area contributed by atoms with Gasteiger partial charge in [-0.05, 0) is 102 Å². The summed E-state index contributed by atoms with van der Waals surface area (Å²) in [6.45, 7) is 8.26. The third-order valence-corrected chi connectivity index (χ3v) is 8.41. The van der Waals surface area contributed by atoms with Gasteiger partial charge in [-0.3, -0.25) is 9.59 Å². The van der Waals surface area contributed by atoms with Gasteiger partial charge in [0.05, 0.1) is 5.41 Å². The van der Waals surface area contributed by atoms with Crippen molar-refractivity contribution in [3.8, 4) is 0 Å². The van der Waals surface area contributed by atoms with Gasteiger partial charge in [-0.25, -0.2) is 0 Å². The molecule has 0 aromatic heterocycles. The second-order valence-electron chi connectivity index (χ2n) is 11.9. The van der Waals surface area contributed by atoms with Crippen LogP contribution in [0.5, 0.6) is 0 Å². The summed E-state index contributed by atoms with van der Waals surface area (Å²) in [5, 5.41) is 6.54. The fourth-order valence-electron chi connectivity index (χ4n) is 7.52. The zero-order valence-electron chi connectivity index (χ0n) is 18.4. The van der Waals surface area contributed by atoms with E-state index in [2.05, 4.69) is 17.6 Å². The second-order valence-corrected chi connectivity index (χ2v) is 11.9. The zero-order valence-corrected chi connectivity index (χ0v) is 18.4. The first-order valence-electron chi connectivity index (χ1n) is 11.7. The first kappa shape index (κ1) is 20.2. The van der Waals surface area contributed by atoms with Crippen molar-refractivity contribution in [3.63, 3.8) is 0 Å². The molecule has 0 aliphatic heterocycles. The molecule has 4 bridgehead atoms. The summed E-state index contributed by atoms with van der Waals surface area (Å²) in [6, 6.07) is 0.233. The Morgan fingerprint density at radius 1 is 0.964 bits per heavy atom. The molecular weight excluding hydrogens is 348 g/mol. The molecule has 0 spiro atoms. The summed E-state index contributed by atoms with van der Waals surface area (Å²) in [7, 11) is 0. The maximum absolute atomic E-state index is 13.5. The molecule has 2 N–H and O–H groups in total. The fourth-order valence-corrected chi connectivity index (χ4v) is 7.52. The van der Waals surface area contributed by atoms with Crippen molar-refractivity contribution in [1.82, 2.24) is 10.6 Å². The number of carbonyl (C=O) groups is 2. The van der Waals surface area contributed by atoms with Crippen LogP contribution in [0.15, 0.2) is 0 Å². The Morgan fingerprint density at radius 2 is 1.46 bits per heavy atom. The Kier molecular flexibility index (Phi) is 5.07. The van der Waals surface area contributed by atoms with E-state index in [0.717, 1.165) is 43.4 Å². The molecule has 1 unspecified atom stereocenters. The minimum atomic E-state index is -0.494. The molecule has 2 amide bonds. The third-order valence-electron chi connectivity index (χ3n) is 8.41. The molecule has 0 aromatic carbocycles. The van der Waals surface area contributed by atoms with E-state index in [1.54, 1.807) is 0 Å². The number of carbonyl (C=O) groups excluding carboxylic acids is 2. The molecule has 1 atom stereocenters. The summed E-state index contributed by atoms with van der Waals surface area (Å²) in [5.74, 6) is 2.85. The van der Waals surface area contributed by atoms with Crippen LogP contribution in [0.25, 0.3) is 0 Å². The average Bonchev–Trinajstić information content (AvgIpc) is 3.01. The van der Waals surface area contributed by atoms with E-state index in [1.807, 2.05) is 20.8 Å². The van der Waals surface area contributed by atoms with Crippen molar-refractivity contribution in [2.75, 3.05) is 0 Å². The standard InChI is InChI=1S/C24H40N2O2/c1-16(24-12-17-9-18(13-24)11-19(10-17)14-24)25-21(28)23(7-5-6-8-23)15-20(27)26-22(2,3)4/h16-19H,5-15H2,1-4H3,(H,25,28)(H,26,27).